The van der Waals surface area contributed by atoms with Gasteiger partial charge in [-0.1, -0.05) is 28.2 Å². The van der Waals surface area contributed by atoms with Crippen LogP contribution < -0.4 is 26.6 Å². The second-order valence-electron chi connectivity index (χ2n) is 15.1. The highest BCUT2D eigenvalue weighted by atomic mass is 16.7. The molecule has 6 unspecified atom stereocenters. The topological polar surface area (TPSA) is 393 Å². The normalized spacial score (nSPS) is 14.0. The van der Waals surface area contributed by atoms with Crippen molar-refractivity contribution < 1.29 is 111 Å². The summed E-state index contributed by atoms with van der Waals surface area (Å²) in [5, 5.41) is 56.4. The molecule has 0 aromatic rings. The van der Waals surface area contributed by atoms with E-state index < -0.39 is 54.9 Å². The van der Waals surface area contributed by atoms with E-state index in [0.29, 0.717) is 19.3 Å². The van der Waals surface area contributed by atoms with Crippen molar-refractivity contribution in [2.45, 2.75) is 110 Å². The summed E-state index contributed by atoms with van der Waals surface area (Å²) in [4.78, 5) is 92.5. The molecule has 1 rings (SSSR count). The molecule has 1 heterocycles. The molecule has 0 aliphatic carbocycles. The summed E-state index contributed by atoms with van der Waals surface area (Å²) >= 11 is 0. The number of imide groups is 1. The first kappa shape index (κ1) is 74.1. The van der Waals surface area contributed by atoms with E-state index in [1.54, 1.807) is 0 Å². The van der Waals surface area contributed by atoms with Gasteiger partial charge < -0.3 is 99.5 Å². The summed E-state index contributed by atoms with van der Waals surface area (Å²) in [7, 11) is 4.23. The lowest BCUT2D eigenvalue weighted by Crippen LogP contribution is -2.37. The molecule has 29 nitrogen and oxygen atoms in total. The van der Waals surface area contributed by atoms with Crippen LogP contribution in [0, 0.1) is 0 Å². The van der Waals surface area contributed by atoms with Crippen molar-refractivity contribution in [1.82, 2.24) is 31.5 Å². The van der Waals surface area contributed by atoms with Gasteiger partial charge in [0.25, 0.3) is 11.8 Å². The summed E-state index contributed by atoms with van der Waals surface area (Å²) in [6.07, 6.45) is -0.598. The zero-order valence-corrected chi connectivity index (χ0v) is 43.4. The van der Waals surface area contributed by atoms with Crippen molar-refractivity contribution in [2.75, 3.05) is 127 Å². The zero-order chi connectivity index (χ0) is 55.9. The zero-order valence-electron chi connectivity index (χ0n) is 43.4. The average Bonchev–Trinajstić information content (AvgIpc) is 3.72. The first-order valence-electron chi connectivity index (χ1n) is 24.0. The second-order valence-corrected chi connectivity index (χ2v) is 15.1. The number of nitrogens with one attached hydrogen (secondary N) is 5. The highest BCUT2D eigenvalue weighted by Crippen LogP contribution is 2.07. The number of hydrogen-bond acceptors (Lipinski definition) is 22. The van der Waals surface area contributed by atoms with Gasteiger partial charge in [0.1, 0.15) is 13.2 Å². The Morgan fingerprint density at radius 3 is 1.32 bits per heavy atom. The van der Waals surface area contributed by atoms with Crippen molar-refractivity contribution in [3.8, 4) is 0 Å². The molecule has 29 heteroatoms. The molecule has 438 valence electrons. The lowest BCUT2D eigenvalue weighted by Gasteiger charge is -2.21. The van der Waals surface area contributed by atoms with Crippen LogP contribution >= 0.6 is 0 Å². The largest absolute Gasteiger partial charge is 0.481 e. The monoisotopic (exact) mass is 1090 g/mol. The van der Waals surface area contributed by atoms with E-state index in [9.17, 15) is 38.4 Å². The average molecular weight is 1090 g/mol. The van der Waals surface area contributed by atoms with Gasteiger partial charge in [0.15, 0.2) is 18.9 Å². The molecule has 1 aliphatic heterocycles. The van der Waals surface area contributed by atoms with Crippen LogP contribution in [0.25, 0.3) is 0 Å². The Kier molecular flexibility index (Phi) is 49.1. The van der Waals surface area contributed by atoms with Crippen molar-refractivity contribution in [2.24, 2.45) is 0 Å². The number of hydrogen-bond donors (Lipinski definition) is 10. The van der Waals surface area contributed by atoms with E-state index in [-0.39, 0.29) is 168 Å². The first-order valence-corrected chi connectivity index (χ1v) is 24.0. The number of carboxylic acid groups (broad SMARTS) is 1. The third-order valence-corrected chi connectivity index (χ3v) is 9.52. The predicted molar refractivity (Wildman–Crippen MR) is 264 cm³/mol. The minimum Gasteiger partial charge on any atom is -0.481 e. The van der Waals surface area contributed by atoms with E-state index in [1.807, 2.05) is 20.8 Å². The number of alkyl carbamates (subject to hydrolysis) is 2. The second kappa shape index (κ2) is 49.7. The molecule has 0 saturated carbocycles. The maximum Gasteiger partial charge on any atom is 0.407 e. The number of amides is 7. The SMILES string of the molecule is C.CCC(CO)OC(CO)OC.CCC(CO)OC(COC(=O)NCCC(=O)NCCNC(=O)CCOCCOCCNC(=O)CCN1C(=O)C=CC1=O)OC.CCC(CO)OC(COC(=O)NCCC(=O)O)OC. The maximum absolute atomic E-state index is 11.9. The van der Waals surface area contributed by atoms with Crippen LogP contribution in [0.1, 0.15) is 73.1 Å². The number of aliphatic carboxylic acids is 1. The van der Waals surface area contributed by atoms with Gasteiger partial charge in [0, 0.05) is 92.0 Å². The Morgan fingerprint density at radius 1 is 0.507 bits per heavy atom. The van der Waals surface area contributed by atoms with Gasteiger partial charge in [-0.2, -0.15) is 0 Å². The van der Waals surface area contributed by atoms with E-state index >= 15 is 0 Å². The van der Waals surface area contributed by atoms with E-state index in [0.717, 1.165) is 4.90 Å². The molecule has 0 radical (unpaired) electrons. The smallest absolute Gasteiger partial charge is 0.407 e. The fraction of sp³-hybridized carbons (Fsp3) is 0.783. The molecular formula is C46H86N6O23. The highest BCUT2D eigenvalue weighted by molar-refractivity contribution is 6.13. The van der Waals surface area contributed by atoms with Crippen LogP contribution in [-0.2, 0) is 76.1 Å². The fourth-order valence-corrected chi connectivity index (χ4v) is 5.17. The van der Waals surface area contributed by atoms with Gasteiger partial charge >= 0.3 is 18.2 Å². The first-order chi connectivity index (χ1) is 35.5. The van der Waals surface area contributed by atoms with Crippen molar-refractivity contribution >= 4 is 47.7 Å². The number of carbonyl (C=O) groups is 8. The number of methoxy groups -OCH3 is 3. The molecule has 0 bridgehead atoms. The fourth-order valence-electron chi connectivity index (χ4n) is 5.17. The molecule has 0 fully saturated rings. The predicted octanol–water partition coefficient (Wildman–Crippen LogP) is -1.73. The van der Waals surface area contributed by atoms with Gasteiger partial charge in [0.2, 0.25) is 17.7 Å². The van der Waals surface area contributed by atoms with Crippen molar-refractivity contribution in [3.05, 3.63) is 12.2 Å². The number of aliphatic hydroxyl groups is 4. The molecule has 6 atom stereocenters. The van der Waals surface area contributed by atoms with E-state index in [4.69, 9.17) is 72.9 Å². The maximum atomic E-state index is 11.9. The number of aliphatic hydroxyl groups excluding tert-OH is 4. The van der Waals surface area contributed by atoms with Gasteiger partial charge in [-0.25, -0.2) is 9.59 Å². The molecule has 0 aromatic carbocycles. The standard InChI is InChI=1S/C27H45N5O12.C11H21NO7.C7H16O4.CH4/c1-3-20(18-33)44-26(40-2)19-43-27(39)31-9-6-21(34)28-10-11-29-23(36)8-14-41-16-17-42-15-12-30-22(35)7-13-32-24(37)4-5-25(32)38;1-3-8(6-13)19-10(17-2)7-18-11(16)12-5-4-9(14)15;1-3-6(4-8)11-7(5-9)10-2;/h4-5,20,26,33H,3,6-19H2,1-2H3,(H,28,34)(H,29,36)(H,30,35)(H,31,39);8,10,13H,3-7H2,1-2H3,(H,12,16)(H,14,15);6-9H,3-5H2,1-2H3;1H4. The van der Waals surface area contributed by atoms with Gasteiger partial charge in [0.05, 0.1) is 77.6 Å². The Balaban J connectivity index is -0.00000137. The molecule has 7 amide bonds. The minimum absolute atomic E-state index is 0. The van der Waals surface area contributed by atoms with Gasteiger partial charge in [-0.3, -0.25) is 33.7 Å². The third kappa shape index (κ3) is 41.7. The molecule has 0 saturated heterocycles. The molecule has 0 aromatic heterocycles. The van der Waals surface area contributed by atoms with Crippen LogP contribution in [0.3, 0.4) is 0 Å². The number of carbonyl (C=O) groups excluding carboxylic acids is 7. The van der Waals surface area contributed by atoms with Crippen LogP contribution in [-0.4, -0.2) is 242 Å². The molecule has 75 heavy (non-hydrogen) atoms. The van der Waals surface area contributed by atoms with Crippen LogP contribution in [0.15, 0.2) is 12.2 Å². The number of ether oxygens (including phenoxy) is 10. The lowest BCUT2D eigenvalue weighted by molar-refractivity contribution is -0.181. The molecule has 1 aliphatic rings. The summed E-state index contributed by atoms with van der Waals surface area (Å²) < 4.78 is 51.1. The van der Waals surface area contributed by atoms with Gasteiger partial charge in [-0.05, 0) is 19.3 Å². The van der Waals surface area contributed by atoms with Crippen molar-refractivity contribution in [1.29, 1.82) is 0 Å². The number of rotatable bonds is 41. The summed E-state index contributed by atoms with van der Waals surface area (Å²) in [5.74, 6) is -2.73. The lowest BCUT2D eigenvalue weighted by atomic mass is 10.3. The van der Waals surface area contributed by atoms with Crippen molar-refractivity contribution in [3.63, 3.8) is 0 Å². The molecule has 0 spiro atoms. The third-order valence-electron chi connectivity index (χ3n) is 9.52. The van der Waals surface area contributed by atoms with E-state index in [1.165, 1.54) is 33.5 Å². The highest BCUT2D eigenvalue weighted by Gasteiger charge is 2.24. The Hall–Kier alpha value is -5.18. The Labute approximate surface area is 438 Å². The van der Waals surface area contributed by atoms with E-state index in [2.05, 4.69) is 26.6 Å². The summed E-state index contributed by atoms with van der Waals surface area (Å²) in [6.45, 7) is 6.38. The summed E-state index contributed by atoms with van der Waals surface area (Å²) in [5.41, 5.74) is 0. The van der Waals surface area contributed by atoms with Crippen LogP contribution in [0.4, 0.5) is 9.59 Å². The summed E-state index contributed by atoms with van der Waals surface area (Å²) in [6, 6.07) is 0. The molecular weight excluding hydrogens is 1000 g/mol. The van der Waals surface area contributed by atoms with Crippen LogP contribution in [0.5, 0.6) is 0 Å². The molecule has 10 N–H and O–H groups in total. The van der Waals surface area contributed by atoms with Crippen LogP contribution in [0.2, 0.25) is 0 Å². The van der Waals surface area contributed by atoms with Gasteiger partial charge in [-0.15, -0.1) is 0 Å². The Morgan fingerprint density at radius 2 is 0.907 bits per heavy atom. The number of nitrogens with zero attached hydrogens (tertiary/aromatic N) is 1. The minimum atomic E-state index is -1.01. The quantitative estimate of drug-likeness (QED) is 0.0185. The Bertz CT molecular complexity index is 1540. The number of carboxylic acids is 1.